The Kier molecular flexibility index (Phi) is 4.67. The molecule has 0 radical (unpaired) electrons. The second-order valence-corrected chi connectivity index (χ2v) is 8.28. The number of anilines is 2. The van der Waals surface area contributed by atoms with Crippen molar-refractivity contribution in [3.63, 3.8) is 0 Å². The van der Waals surface area contributed by atoms with Gasteiger partial charge in [-0.25, -0.2) is 0 Å². The molecule has 4 nitrogen and oxygen atoms in total. The normalized spacial score (nSPS) is 24.2. The fourth-order valence-electron chi connectivity index (χ4n) is 3.76. The second-order valence-electron chi connectivity index (χ2n) is 7.87. The maximum atomic E-state index is 12.8. The summed E-state index contributed by atoms with van der Waals surface area (Å²) in [7, 11) is 0. The molecule has 2 aliphatic rings. The van der Waals surface area contributed by atoms with Crippen LogP contribution in [0.25, 0.3) is 0 Å². The monoisotopic (exact) mass is 360 g/mol. The Labute approximate surface area is 154 Å². The molecule has 5 heteroatoms. The van der Waals surface area contributed by atoms with Crippen molar-refractivity contribution in [2.45, 2.75) is 40.5 Å². The Bertz CT molecular complexity index is 750. The van der Waals surface area contributed by atoms with Gasteiger partial charge in [0.2, 0.25) is 11.8 Å². The first-order chi connectivity index (χ1) is 11.7. The quantitative estimate of drug-likeness (QED) is 0.795. The summed E-state index contributed by atoms with van der Waals surface area (Å²) in [6.45, 7) is 9.05. The summed E-state index contributed by atoms with van der Waals surface area (Å²) in [5.41, 5.74) is 2.54. The summed E-state index contributed by atoms with van der Waals surface area (Å²) in [5.74, 6) is 0.293. The average Bonchev–Trinajstić information content (AvgIpc) is 2.85. The molecule has 2 atom stereocenters. The molecule has 1 heterocycles. The number of nitrogens with zero attached hydrogens (tertiary/aromatic N) is 1. The molecule has 1 aromatic rings. The first-order valence-electron chi connectivity index (χ1n) is 8.77. The molecule has 1 aliphatic heterocycles. The van der Waals surface area contributed by atoms with Gasteiger partial charge in [0.05, 0.1) is 16.6 Å². The summed E-state index contributed by atoms with van der Waals surface area (Å²) in [5, 5.41) is 3.46. The SMILES string of the molecule is CC(C)=CC1C(C(=O)Nc2cc(N3CCCC3=O)ccc2Cl)C1(C)C. The van der Waals surface area contributed by atoms with Crippen molar-refractivity contribution in [1.29, 1.82) is 0 Å². The predicted octanol–water partition coefficient (Wildman–Crippen LogP) is 4.64. The van der Waals surface area contributed by atoms with Crippen LogP contribution in [-0.4, -0.2) is 18.4 Å². The lowest BCUT2D eigenvalue weighted by Crippen LogP contribution is -2.24. The number of benzene rings is 1. The summed E-state index contributed by atoms with van der Waals surface area (Å²) in [6, 6.07) is 5.37. The molecular formula is C20H25ClN2O2. The Morgan fingerprint density at radius 3 is 2.68 bits per heavy atom. The standard InChI is InChI=1S/C20H25ClN2O2/c1-12(2)10-14-18(20(14,3)4)19(25)22-16-11-13(7-8-15(16)21)23-9-5-6-17(23)24/h7-8,10-11,14,18H,5-6,9H2,1-4H3,(H,22,25). The minimum atomic E-state index is -0.0597. The van der Waals surface area contributed by atoms with E-state index in [1.807, 2.05) is 6.07 Å². The van der Waals surface area contributed by atoms with Crippen molar-refractivity contribution >= 4 is 34.8 Å². The van der Waals surface area contributed by atoms with Crippen LogP contribution in [0, 0.1) is 17.3 Å². The van der Waals surface area contributed by atoms with Gasteiger partial charge in [0, 0.05) is 18.7 Å². The van der Waals surface area contributed by atoms with Gasteiger partial charge in [-0.1, -0.05) is 37.1 Å². The molecule has 3 rings (SSSR count). The third-order valence-corrected chi connectivity index (χ3v) is 5.63. The molecule has 134 valence electrons. The highest BCUT2D eigenvalue weighted by Gasteiger charge is 2.60. The topological polar surface area (TPSA) is 49.4 Å². The molecule has 0 bridgehead atoms. The van der Waals surface area contributed by atoms with Gasteiger partial charge in [-0.3, -0.25) is 9.59 Å². The van der Waals surface area contributed by atoms with Crippen molar-refractivity contribution in [2.75, 3.05) is 16.8 Å². The molecule has 2 amide bonds. The zero-order chi connectivity index (χ0) is 18.4. The van der Waals surface area contributed by atoms with Gasteiger partial charge < -0.3 is 10.2 Å². The Morgan fingerprint density at radius 1 is 1.36 bits per heavy atom. The van der Waals surface area contributed by atoms with Crippen molar-refractivity contribution in [3.8, 4) is 0 Å². The van der Waals surface area contributed by atoms with E-state index in [4.69, 9.17) is 11.6 Å². The summed E-state index contributed by atoms with van der Waals surface area (Å²) < 4.78 is 0. The van der Waals surface area contributed by atoms with Gasteiger partial charge in [-0.05, 0) is 49.8 Å². The molecule has 25 heavy (non-hydrogen) atoms. The summed E-state index contributed by atoms with van der Waals surface area (Å²) in [6.07, 6.45) is 3.61. The van der Waals surface area contributed by atoms with E-state index in [1.165, 1.54) is 5.57 Å². The Balaban J connectivity index is 1.78. The lowest BCUT2D eigenvalue weighted by atomic mass is 10.1. The molecular weight excluding hydrogens is 336 g/mol. The van der Waals surface area contributed by atoms with Crippen molar-refractivity contribution in [2.24, 2.45) is 17.3 Å². The highest BCUT2D eigenvalue weighted by Crippen LogP contribution is 2.59. The highest BCUT2D eigenvalue weighted by molar-refractivity contribution is 6.34. The molecule has 1 N–H and O–H groups in total. The largest absolute Gasteiger partial charge is 0.324 e. The number of amides is 2. The molecule has 1 aromatic carbocycles. The molecule has 1 aliphatic carbocycles. The van der Waals surface area contributed by atoms with Crippen LogP contribution in [0.1, 0.15) is 40.5 Å². The molecule has 1 saturated carbocycles. The summed E-state index contributed by atoms with van der Waals surface area (Å²) in [4.78, 5) is 26.4. The fraction of sp³-hybridized carbons (Fsp3) is 0.500. The van der Waals surface area contributed by atoms with Gasteiger partial charge in [0.1, 0.15) is 0 Å². The van der Waals surface area contributed by atoms with Crippen molar-refractivity contribution in [3.05, 3.63) is 34.9 Å². The van der Waals surface area contributed by atoms with E-state index in [0.29, 0.717) is 23.7 Å². The van der Waals surface area contributed by atoms with Crippen molar-refractivity contribution < 1.29 is 9.59 Å². The van der Waals surface area contributed by atoms with E-state index < -0.39 is 0 Å². The third-order valence-electron chi connectivity index (χ3n) is 5.30. The molecule has 0 aromatic heterocycles. The van der Waals surface area contributed by atoms with Crippen LogP contribution in [0.4, 0.5) is 11.4 Å². The zero-order valence-electron chi connectivity index (χ0n) is 15.2. The number of halogens is 1. The maximum Gasteiger partial charge on any atom is 0.228 e. The first kappa shape index (κ1) is 18.0. The predicted molar refractivity (Wildman–Crippen MR) is 102 cm³/mol. The minimum absolute atomic E-state index is 0.0145. The molecule has 1 saturated heterocycles. The van der Waals surface area contributed by atoms with Gasteiger partial charge in [-0.15, -0.1) is 0 Å². The van der Waals surface area contributed by atoms with Crippen molar-refractivity contribution in [1.82, 2.24) is 0 Å². The summed E-state index contributed by atoms with van der Waals surface area (Å²) >= 11 is 6.27. The van der Waals surface area contributed by atoms with Crippen LogP contribution in [-0.2, 0) is 9.59 Å². The molecule has 2 unspecified atom stereocenters. The van der Waals surface area contributed by atoms with Crippen LogP contribution in [0.15, 0.2) is 29.8 Å². The van der Waals surface area contributed by atoms with E-state index in [2.05, 4.69) is 39.1 Å². The fourth-order valence-corrected chi connectivity index (χ4v) is 3.92. The van der Waals surface area contributed by atoms with E-state index in [-0.39, 0.29) is 29.1 Å². The number of rotatable bonds is 4. The van der Waals surface area contributed by atoms with Crippen LogP contribution in [0.3, 0.4) is 0 Å². The van der Waals surface area contributed by atoms with E-state index in [1.54, 1.807) is 17.0 Å². The van der Waals surface area contributed by atoms with E-state index in [9.17, 15) is 9.59 Å². The number of carbonyl (C=O) groups excluding carboxylic acids is 2. The number of allylic oxidation sites excluding steroid dienone is 2. The van der Waals surface area contributed by atoms with Crippen LogP contribution >= 0.6 is 11.6 Å². The van der Waals surface area contributed by atoms with Gasteiger partial charge in [0.15, 0.2) is 0 Å². The third kappa shape index (κ3) is 3.45. The Hall–Kier alpha value is -1.81. The van der Waals surface area contributed by atoms with Gasteiger partial charge in [-0.2, -0.15) is 0 Å². The number of hydrogen-bond acceptors (Lipinski definition) is 2. The lowest BCUT2D eigenvalue weighted by Gasteiger charge is -2.17. The number of nitrogens with one attached hydrogen (secondary N) is 1. The van der Waals surface area contributed by atoms with Gasteiger partial charge >= 0.3 is 0 Å². The zero-order valence-corrected chi connectivity index (χ0v) is 16.0. The van der Waals surface area contributed by atoms with Crippen LogP contribution < -0.4 is 10.2 Å². The van der Waals surface area contributed by atoms with Crippen LogP contribution in [0.5, 0.6) is 0 Å². The maximum absolute atomic E-state index is 12.8. The number of carbonyl (C=O) groups is 2. The first-order valence-corrected chi connectivity index (χ1v) is 9.15. The highest BCUT2D eigenvalue weighted by atomic mass is 35.5. The second kappa shape index (κ2) is 6.49. The molecule has 0 spiro atoms. The van der Waals surface area contributed by atoms with Gasteiger partial charge in [0.25, 0.3) is 0 Å². The lowest BCUT2D eigenvalue weighted by molar-refractivity contribution is -0.118. The van der Waals surface area contributed by atoms with Crippen LogP contribution in [0.2, 0.25) is 5.02 Å². The molecule has 2 fully saturated rings. The Morgan fingerprint density at radius 2 is 2.08 bits per heavy atom. The smallest absolute Gasteiger partial charge is 0.228 e. The minimum Gasteiger partial charge on any atom is -0.324 e. The number of hydrogen-bond donors (Lipinski definition) is 1. The van der Waals surface area contributed by atoms with E-state index >= 15 is 0 Å². The average molecular weight is 361 g/mol. The van der Waals surface area contributed by atoms with E-state index in [0.717, 1.165) is 12.1 Å².